The molecular formula is C16H20O14. The maximum absolute atomic E-state index is 11.2. The standard InChI is InChI=1S/2C8H10O7/c2*1-13-6(10)5-8(12,7(11)14-2)3-4(9)15-5/h2*5,12H,3H2,1-2H3/t2*5-,8-/m11/s1. The zero-order valence-corrected chi connectivity index (χ0v) is 16.4. The van der Waals surface area contributed by atoms with Crippen LogP contribution in [-0.2, 0) is 57.2 Å². The second kappa shape index (κ2) is 9.49. The van der Waals surface area contributed by atoms with Crippen LogP contribution in [-0.4, -0.2) is 97.9 Å². The summed E-state index contributed by atoms with van der Waals surface area (Å²) in [6.45, 7) is 0. The summed E-state index contributed by atoms with van der Waals surface area (Å²) in [5.74, 6) is -5.95. The Hall–Kier alpha value is -3.26. The van der Waals surface area contributed by atoms with Gasteiger partial charge in [-0.2, -0.15) is 0 Å². The van der Waals surface area contributed by atoms with E-state index in [2.05, 4.69) is 28.4 Å². The smallest absolute Gasteiger partial charge is 0.350 e. The van der Waals surface area contributed by atoms with Gasteiger partial charge in [-0.1, -0.05) is 0 Å². The normalized spacial score (nSPS) is 29.5. The maximum atomic E-state index is 11.2. The predicted octanol–water partition coefficient (Wildman–Crippen LogP) is -3.24. The van der Waals surface area contributed by atoms with Crippen molar-refractivity contribution in [1.82, 2.24) is 0 Å². The minimum Gasteiger partial charge on any atom is -0.467 e. The highest BCUT2D eigenvalue weighted by Crippen LogP contribution is 2.30. The fraction of sp³-hybridized carbons (Fsp3) is 0.625. The topological polar surface area (TPSA) is 198 Å². The monoisotopic (exact) mass is 436 g/mol. The first-order chi connectivity index (χ1) is 13.9. The van der Waals surface area contributed by atoms with Crippen LogP contribution < -0.4 is 0 Å². The molecule has 2 N–H and O–H groups in total. The van der Waals surface area contributed by atoms with E-state index in [9.17, 15) is 39.0 Å². The Morgan fingerprint density at radius 2 is 1.03 bits per heavy atom. The number of hydrogen-bond donors (Lipinski definition) is 2. The molecule has 0 aromatic rings. The summed E-state index contributed by atoms with van der Waals surface area (Å²) in [5, 5.41) is 19.5. The number of methoxy groups -OCH3 is 4. The molecule has 0 unspecified atom stereocenters. The quantitative estimate of drug-likeness (QED) is 0.329. The number of esters is 6. The summed E-state index contributed by atoms with van der Waals surface area (Å²) in [7, 11) is 4.15. The third kappa shape index (κ3) is 4.65. The van der Waals surface area contributed by atoms with Crippen molar-refractivity contribution in [1.29, 1.82) is 0 Å². The molecule has 30 heavy (non-hydrogen) atoms. The predicted molar refractivity (Wildman–Crippen MR) is 87.0 cm³/mol. The lowest BCUT2D eigenvalue weighted by Gasteiger charge is -2.21. The number of carbonyl (C=O) groups is 6. The SMILES string of the molecule is COC(=O)[C@H]1OC(=O)C[C@]1(O)C(=O)OC.COC(=O)[C@H]1OC(=O)C[C@]1(O)C(=O)OC. The highest BCUT2D eigenvalue weighted by Gasteiger charge is 2.60. The second-order valence-electron chi connectivity index (χ2n) is 5.97. The number of aliphatic hydroxyl groups is 2. The summed E-state index contributed by atoms with van der Waals surface area (Å²) < 4.78 is 26.1. The Labute approximate surface area is 168 Å². The molecule has 2 aliphatic rings. The van der Waals surface area contributed by atoms with Crippen molar-refractivity contribution in [3.8, 4) is 0 Å². The van der Waals surface area contributed by atoms with E-state index in [0.29, 0.717) is 0 Å². The van der Waals surface area contributed by atoms with E-state index in [1.807, 2.05) is 0 Å². The molecule has 0 aromatic carbocycles. The average Bonchev–Trinajstić information content (AvgIpc) is 3.21. The van der Waals surface area contributed by atoms with Gasteiger partial charge in [-0.25, -0.2) is 19.2 Å². The fourth-order valence-corrected chi connectivity index (χ4v) is 2.58. The van der Waals surface area contributed by atoms with E-state index >= 15 is 0 Å². The summed E-state index contributed by atoms with van der Waals surface area (Å²) in [5.41, 5.74) is -4.59. The molecule has 2 heterocycles. The molecule has 0 amide bonds. The Morgan fingerprint density at radius 1 is 0.733 bits per heavy atom. The van der Waals surface area contributed by atoms with Crippen molar-refractivity contribution in [2.75, 3.05) is 28.4 Å². The molecule has 0 radical (unpaired) electrons. The van der Waals surface area contributed by atoms with Gasteiger partial charge in [0.2, 0.25) is 23.4 Å². The first-order valence-electron chi connectivity index (χ1n) is 8.07. The molecule has 14 nitrogen and oxygen atoms in total. The molecule has 0 spiro atoms. The lowest BCUT2D eigenvalue weighted by atomic mass is 9.95. The van der Waals surface area contributed by atoms with Crippen LogP contribution in [0.25, 0.3) is 0 Å². The Morgan fingerprint density at radius 3 is 1.27 bits per heavy atom. The summed E-state index contributed by atoms with van der Waals surface area (Å²) in [6, 6.07) is 0. The summed E-state index contributed by atoms with van der Waals surface area (Å²) in [6.07, 6.45) is -4.58. The van der Waals surface area contributed by atoms with Crippen molar-refractivity contribution >= 4 is 35.8 Å². The molecule has 0 aliphatic carbocycles. The summed E-state index contributed by atoms with van der Waals surface area (Å²) >= 11 is 0. The minimum absolute atomic E-state index is 0.626. The van der Waals surface area contributed by atoms with Gasteiger partial charge in [-0.15, -0.1) is 0 Å². The molecule has 14 heteroatoms. The third-order valence-corrected chi connectivity index (χ3v) is 4.10. The Kier molecular flexibility index (Phi) is 7.84. The van der Waals surface area contributed by atoms with Gasteiger partial charge in [0.25, 0.3) is 0 Å². The minimum atomic E-state index is -2.29. The van der Waals surface area contributed by atoms with E-state index in [-0.39, 0.29) is 0 Å². The van der Waals surface area contributed by atoms with E-state index in [0.717, 1.165) is 28.4 Å². The van der Waals surface area contributed by atoms with Crippen LogP contribution in [0.15, 0.2) is 0 Å². The van der Waals surface area contributed by atoms with Crippen molar-refractivity contribution in [3.63, 3.8) is 0 Å². The molecule has 0 aromatic heterocycles. The third-order valence-electron chi connectivity index (χ3n) is 4.10. The summed E-state index contributed by atoms with van der Waals surface area (Å²) in [4.78, 5) is 66.5. The lowest BCUT2D eigenvalue weighted by molar-refractivity contribution is -0.180. The lowest BCUT2D eigenvalue weighted by Crippen LogP contribution is -2.51. The zero-order valence-electron chi connectivity index (χ0n) is 16.4. The first-order valence-corrected chi connectivity index (χ1v) is 8.07. The fourth-order valence-electron chi connectivity index (χ4n) is 2.58. The highest BCUT2D eigenvalue weighted by molar-refractivity contribution is 5.97. The second-order valence-corrected chi connectivity index (χ2v) is 5.97. The number of rotatable bonds is 4. The van der Waals surface area contributed by atoms with Crippen molar-refractivity contribution in [3.05, 3.63) is 0 Å². The van der Waals surface area contributed by atoms with Crippen LogP contribution in [0, 0.1) is 0 Å². The largest absolute Gasteiger partial charge is 0.467 e. The van der Waals surface area contributed by atoms with Gasteiger partial charge >= 0.3 is 35.8 Å². The molecule has 2 fully saturated rings. The van der Waals surface area contributed by atoms with Crippen molar-refractivity contribution in [2.24, 2.45) is 0 Å². The molecular weight excluding hydrogens is 416 g/mol. The van der Waals surface area contributed by atoms with Crippen molar-refractivity contribution in [2.45, 2.75) is 36.3 Å². The zero-order chi connectivity index (χ0) is 23.3. The molecule has 0 saturated carbocycles. The molecule has 2 saturated heterocycles. The van der Waals surface area contributed by atoms with Crippen molar-refractivity contribution < 1.29 is 67.4 Å². The van der Waals surface area contributed by atoms with E-state index < -0.39 is 72.1 Å². The van der Waals surface area contributed by atoms with Crippen LogP contribution in [0.2, 0.25) is 0 Å². The van der Waals surface area contributed by atoms with Crippen LogP contribution in [0.1, 0.15) is 12.8 Å². The van der Waals surface area contributed by atoms with Crippen LogP contribution in [0.5, 0.6) is 0 Å². The number of hydrogen-bond acceptors (Lipinski definition) is 14. The van der Waals surface area contributed by atoms with Gasteiger partial charge in [-0.05, 0) is 0 Å². The Bertz CT molecular complexity index is 682. The van der Waals surface area contributed by atoms with Crippen LogP contribution in [0.4, 0.5) is 0 Å². The molecule has 4 atom stereocenters. The Balaban J connectivity index is 0.000000300. The van der Waals surface area contributed by atoms with Gasteiger partial charge in [0.05, 0.1) is 41.3 Å². The molecule has 168 valence electrons. The molecule has 2 rings (SSSR count). The van der Waals surface area contributed by atoms with Crippen LogP contribution in [0.3, 0.4) is 0 Å². The van der Waals surface area contributed by atoms with Crippen LogP contribution >= 0.6 is 0 Å². The first kappa shape index (κ1) is 24.8. The molecule has 2 aliphatic heterocycles. The van der Waals surface area contributed by atoms with Gasteiger partial charge in [0.15, 0.2) is 0 Å². The van der Waals surface area contributed by atoms with E-state index in [1.54, 1.807) is 0 Å². The van der Waals surface area contributed by atoms with Gasteiger partial charge in [0, 0.05) is 0 Å². The van der Waals surface area contributed by atoms with Gasteiger partial charge in [-0.3, -0.25) is 9.59 Å². The van der Waals surface area contributed by atoms with E-state index in [4.69, 9.17) is 0 Å². The average molecular weight is 436 g/mol. The maximum Gasteiger partial charge on any atom is 0.350 e. The van der Waals surface area contributed by atoms with Gasteiger partial charge < -0.3 is 38.6 Å². The number of cyclic esters (lactones) is 2. The van der Waals surface area contributed by atoms with E-state index in [1.165, 1.54) is 0 Å². The number of carbonyl (C=O) groups excluding carboxylic acids is 6. The molecule has 0 bridgehead atoms. The number of ether oxygens (including phenoxy) is 6. The highest BCUT2D eigenvalue weighted by atomic mass is 16.6. The van der Waals surface area contributed by atoms with Gasteiger partial charge in [0.1, 0.15) is 0 Å².